The van der Waals surface area contributed by atoms with Crippen LogP contribution in [-0.2, 0) is 0 Å². The first-order chi connectivity index (χ1) is 9.54. The summed E-state index contributed by atoms with van der Waals surface area (Å²) in [5, 5.41) is 0. The first-order valence-corrected chi connectivity index (χ1v) is 7.67. The van der Waals surface area contributed by atoms with E-state index in [-0.39, 0.29) is 5.91 Å². The van der Waals surface area contributed by atoms with Gasteiger partial charge in [-0.05, 0) is 57.6 Å². The number of benzene rings is 1. The third kappa shape index (κ3) is 3.04. The maximum atomic E-state index is 12.9. The lowest BCUT2D eigenvalue weighted by Crippen LogP contribution is -2.44. The molecule has 2 rings (SSSR count). The van der Waals surface area contributed by atoms with Crippen LogP contribution in [0.2, 0.25) is 0 Å². The molecule has 3 nitrogen and oxygen atoms in total. The van der Waals surface area contributed by atoms with Gasteiger partial charge in [0.25, 0.3) is 5.91 Å². The zero-order chi connectivity index (χ0) is 14.7. The molecule has 0 bridgehead atoms. The maximum absolute atomic E-state index is 12.9. The van der Waals surface area contributed by atoms with E-state index in [9.17, 15) is 4.79 Å². The minimum absolute atomic E-state index is 0.184. The van der Waals surface area contributed by atoms with Crippen molar-refractivity contribution in [3.8, 4) is 0 Å². The first kappa shape index (κ1) is 15.0. The molecule has 2 N–H and O–H groups in total. The van der Waals surface area contributed by atoms with Crippen LogP contribution in [0.1, 0.15) is 54.1 Å². The molecule has 0 aromatic heterocycles. The van der Waals surface area contributed by atoms with Gasteiger partial charge in [0.1, 0.15) is 0 Å². The van der Waals surface area contributed by atoms with Crippen LogP contribution in [-0.4, -0.2) is 29.4 Å². The van der Waals surface area contributed by atoms with Crippen molar-refractivity contribution in [2.45, 2.75) is 58.5 Å². The lowest BCUT2D eigenvalue weighted by molar-refractivity contribution is 0.0639. The van der Waals surface area contributed by atoms with Crippen molar-refractivity contribution in [3.05, 3.63) is 34.9 Å². The second-order valence-electron chi connectivity index (χ2n) is 5.93. The maximum Gasteiger partial charge on any atom is 0.254 e. The predicted octanol–water partition coefficient (Wildman–Crippen LogP) is 3.04. The van der Waals surface area contributed by atoms with Gasteiger partial charge in [0.15, 0.2) is 0 Å². The highest BCUT2D eigenvalue weighted by molar-refractivity contribution is 5.97. The second-order valence-corrected chi connectivity index (χ2v) is 5.93. The van der Waals surface area contributed by atoms with Gasteiger partial charge in [-0.3, -0.25) is 4.79 Å². The van der Waals surface area contributed by atoms with Gasteiger partial charge in [0, 0.05) is 24.2 Å². The van der Waals surface area contributed by atoms with Crippen LogP contribution >= 0.6 is 0 Å². The predicted molar refractivity (Wildman–Crippen MR) is 82.9 cm³/mol. The topological polar surface area (TPSA) is 46.3 Å². The van der Waals surface area contributed by atoms with Crippen LogP contribution in [0.4, 0.5) is 0 Å². The van der Waals surface area contributed by atoms with E-state index in [1.807, 2.05) is 36.9 Å². The van der Waals surface area contributed by atoms with Crippen LogP contribution in [0, 0.1) is 13.8 Å². The van der Waals surface area contributed by atoms with E-state index >= 15 is 0 Å². The standard InChI is InChI=1S/C17H26N2O/c1-4-19(15-10-8-14(18)9-11-15)17(20)16-12(2)6-5-7-13(16)3/h5-7,14-15H,4,8-11,18H2,1-3H3. The van der Waals surface area contributed by atoms with Gasteiger partial charge in [-0.2, -0.15) is 0 Å². The van der Waals surface area contributed by atoms with Crippen LogP contribution in [0.5, 0.6) is 0 Å². The zero-order valence-corrected chi connectivity index (χ0v) is 12.9. The molecular formula is C17H26N2O. The summed E-state index contributed by atoms with van der Waals surface area (Å²) in [6.07, 6.45) is 4.12. The Hall–Kier alpha value is -1.35. The number of nitrogens with two attached hydrogens (primary N) is 1. The smallest absolute Gasteiger partial charge is 0.254 e. The number of nitrogens with zero attached hydrogens (tertiary/aromatic N) is 1. The monoisotopic (exact) mass is 274 g/mol. The van der Waals surface area contributed by atoms with Crippen molar-refractivity contribution < 1.29 is 4.79 Å². The molecule has 110 valence electrons. The lowest BCUT2D eigenvalue weighted by atomic mass is 9.90. The molecule has 1 aliphatic rings. The molecule has 1 fully saturated rings. The highest BCUT2D eigenvalue weighted by atomic mass is 16.2. The van der Waals surface area contributed by atoms with Crippen molar-refractivity contribution in [1.29, 1.82) is 0 Å². The molecule has 1 amide bonds. The van der Waals surface area contributed by atoms with E-state index in [0.29, 0.717) is 12.1 Å². The summed E-state index contributed by atoms with van der Waals surface area (Å²) in [6.45, 7) is 6.88. The van der Waals surface area contributed by atoms with Gasteiger partial charge in [0.05, 0.1) is 0 Å². The summed E-state index contributed by atoms with van der Waals surface area (Å²) >= 11 is 0. The quantitative estimate of drug-likeness (QED) is 0.921. The Balaban J connectivity index is 2.21. The Kier molecular flexibility index (Phi) is 4.81. The van der Waals surface area contributed by atoms with Gasteiger partial charge in [-0.1, -0.05) is 18.2 Å². The van der Waals surface area contributed by atoms with Gasteiger partial charge in [-0.15, -0.1) is 0 Å². The van der Waals surface area contributed by atoms with E-state index in [2.05, 4.69) is 6.92 Å². The van der Waals surface area contributed by atoms with Crippen molar-refractivity contribution in [3.63, 3.8) is 0 Å². The number of aryl methyl sites for hydroxylation is 2. The molecule has 0 unspecified atom stereocenters. The fourth-order valence-electron chi connectivity index (χ4n) is 3.28. The van der Waals surface area contributed by atoms with Crippen molar-refractivity contribution in [1.82, 2.24) is 4.90 Å². The second kappa shape index (κ2) is 6.40. The van der Waals surface area contributed by atoms with E-state index < -0.39 is 0 Å². The van der Waals surface area contributed by atoms with Gasteiger partial charge < -0.3 is 10.6 Å². The number of carbonyl (C=O) groups excluding carboxylic acids is 1. The number of hydrogen-bond acceptors (Lipinski definition) is 2. The molecular weight excluding hydrogens is 248 g/mol. The number of rotatable bonds is 3. The van der Waals surface area contributed by atoms with Gasteiger partial charge >= 0.3 is 0 Å². The Morgan fingerprint density at radius 1 is 1.20 bits per heavy atom. The third-order valence-corrected chi connectivity index (χ3v) is 4.48. The molecule has 1 saturated carbocycles. The molecule has 0 spiro atoms. The molecule has 1 aliphatic carbocycles. The van der Waals surface area contributed by atoms with Crippen LogP contribution in [0.25, 0.3) is 0 Å². The fourth-order valence-corrected chi connectivity index (χ4v) is 3.28. The Morgan fingerprint density at radius 2 is 1.75 bits per heavy atom. The highest BCUT2D eigenvalue weighted by Crippen LogP contribution is 2.25. The van der Waals surface area contributed by atoms with E-state index in [1.165, 1.54) is 0 Å². The zero-order valence-electron chi connectivity index (χ0n) is 12.9. The summed E-state index contributed by atoms with van der Waals surface area (Å²) in [4.78, 5) is 14.9. The molecule has 0 radical (unpaired) electrons. The molecule has 0 saturated heterocycles. The van der Waals surface area contributed by atoms with E-state index in [1.54, 1.807) is 0 Å². The summed E-state index contributed by atoms with van der Waals surface area (Å²) in [6, 6.07) is 6.72. The van der Waals surface area contributed by atoms with Crippen LogP contribution in [0.3, 0.4) is 0 Å². The fraction of sp³-hybridized carbons (Fsp3) is 0.588. The Morgan fingerprint density at radius 3 is 2.25 bits per heavy atom. The minimum Gasteiger partial charge on any atom is -0.336 e. The number of carbonyl (C=O) groups is 1. The summed E-state index contributed by atoms with van der Waals surface area (Å²) in [7, 11) is 0. The van der Waals surface area contributed by atoms with Crippen molar-refractivity contribution in [2.75, 3.05) is 6.54 Å². The van der Waals surface area contributed by atoms with Crippen LogP contribution in [0.15, 0.2) is 18.2 Å². The van der Waals surface area contributed by atoms with E-state index in [0.717, 1.165) is 48.9 Å². The molecule has 0 heterocycles. The van der Waals surface area contributed by atoms with Crippen molar-refractivity contribution in [2.24, 2.45) is 5.73 Å². The molecule has 1 aromatic carbocycles. The van der Waals surface area contributed by atoms with Crippen LogP contribution < -0.4 is 5.73 Å². The highest BCUT2D eigenvalue weighted by Gasteiger charge is 2.28. The number of hydrogen-bond donors (Lipinski definition) is 1. The first-order valence-electron chi connectivity index (χ1n) is 7.67. The largest absolute Gasteiger partial charge is 0.336 e. The average molecular weight is 274 g/mol. The summed E-state index contributed by atoms with van der Waals surface area (Å²) in [5.74, 6) is 0.184. The van der Waals surface area contributed by atoms with E-state index in [4.69, 9.17) is 5.73 Å². The summed E-state index contributed by atoms with van der Waals surface area (Å²) in [5.41, 5.74) is 8.99. The number of amides is 1. The molecule has 0 atom stereocenters. The third-order valence-electron chi connectivity index (χ3n) is 4.48. The van der Waals surface area contributed by atoms with Gasteiger partial charge in [0.2, 0.25) is 0 Å². The SMILES string of the molecule is CCN(C(=O)c1c(C)cccc1C)C1CCC(N)CC1. The Labute approximate surface area is 122 Å². The minimum atomic E-state index is 0.184. The van der Waals surface area contributed by atoms with Gasteiger partial charge in [-0.25, -0.2) is 0 Å². The lowest BCUT2D eigenvalue weighted by Gasteiger charge is -2.36. The van der Waals surface area contributed by atoms with Crippen molar-refractivity contribution >= 4 is 5.91 Å². The molecule has 20 heavy (non-hydrogen) atoms. The molecule has 0 aliphatic heterocycles. The molecule has 3 heteroatoms. The average Bonchev–Trinajstić information content (AvgIpc) is 2.41. The molecule has 1 aromatic rings. The summed E-state index contributed by atoms with van der Waals surface area (Å²) < 4.78 is 0. The normalized spacial score (nSPS) is 22.6. The Bertz CT molecular complexity index is 456.